The zero-order valence-corrected chi connectivity index (χ0v) is 13.8. The molecule has 4 nitrogen and oxygen atoms in total. The highest BCUT2D eigenvalue weighted by Gasteiger charge is 2.18. The lowest BCUT2D eigenvalue weighted by Gasteiger charge is -2.25. The maximum absolute atomic E-state index is 4.74. The Balaban J connectivity index is 2.24. The number of nitrogens with one attached hydrogen (secondary N) is 2. The monoisotopic (exact) mass is 294 g/mol. The lowest BCUT2D eigenvalue weighted by Crippen LogP contribution is -2.26. The first-order valence-electron chi connectivity index (χ1n) is 7.58. The van der Waals surface area contributed by atoms with Gasteiger partial charge in [-0.3, -0.25) is 0 Å². The quantitative estimate of drug-likeness (QED) is 0.868. The number of anilines is 2. The smallest absolute Gasteiger partial charge is 0.135 e. The van der Waals surface area contributed by atoms with E-state index < -0.39 is 0 Å². The molecular formula is C15H26N4S. The molecule has 0 aromatic carbocycles. The fourth-order valence-electron chi connectivity index (χ4n) is 2.31. The molecule has 20 heavy (non-hydrogen) atoms. The second-order valence-electron chi connectivity index (χ2n) is 5.62. The van der Waals surface area contributed by atoms with Crippen LogP contribution in [-0.4, -0.2) is 34.1 Å². The van der Waals surface area contributed by atoms with Gasteiger partial charge in [0.1, 0.15) is 17.5 Å². The molecule has 0 aliphatic carbocycles. The van der Waals surface area contributed by atoms with E-state index in [1.807, 2.05) is 11.8 Å². The fourth-order valence-corrected chi connectivity index (χ4v) is 3.41. The van der Waals surface area contributed by atoms with Crippen molar-refractivity contribution in [2.75, 3.05) is 28.7 Å². The summed E-state index contributed by atoms with van der Waals surface area (Å²) in [6.45, 7) is 9.36. The number of hydrogen-bond acceptors (Lipinski definition) is 5. The molecule has 0 unspecified atom stereocenters. The van der Waals surface area contributed by atoms with Gasteiger partial charge in [0.25, 0.3) is 0 Å². The average Bonchev–Trinajstić information content (AvgIpc) is 2.44. The Morgan fingerprint density at radius 3 is 2.45 bits per heavy atom. The minimum absolute atomic E-state index is 0.343. The highest BCUT2D eigenvalue weighted by molar-refractivity contribution is 7.99. The normalized spacial score (nSPS) is 16.4. The minimum Gasteiger partial charge on any atom is -0.370 e. The zero-order chi connectivity index (χ0) is 14.5. The van der Waals surface area contributed by atoms with Crippen LogP contribution >= 0.6 is 11.8 Å². The van der Waals surface area contributed by atoms with Gasteiger partial charge >= 0.3 is 0 Å². The van der Waals surface area contributed by atoms with Crippen molar-refractivity contribution in [2.45, 2.75) is 52.5 Å². The van der Waals surface area contributed by atoms with E-state index in [2.05, 4.69) is 43.3 Å². The van der Waals surface area contributed by atoms with Crippen LogP contribution in [0.4, 0.5) is 11.6 Å². The summed E-state index contributed by atoms with van der Waals surface area (Å²) >= 11 is 2.05. The highest BCUT2D eigenvalue weighted by Crippen LogP contribution is 2.26. The van der Waals surface area contributed by atoms with Crippen molar-refractivity contribution in [1.82, 2.24) is 9.97 Å². The lowest BCUT2D eigenvalue weighted by molar-refractivity contribution is 0.659. The number of nitrogens with zero attached hydrogens (tertiary/aromatic N) is 2. The lowest BCUT2D eigenvalue weighted by atomic mass is 10.1. The van der Waals surface area contributed by atoms with Gasteiger partial charge in [0, 0.05) is 24.1 Å². The molecule has 1 aromatic rings. The fraction of sp³-hybridized carbons (Fsp3) is 0.733. The Hall–Kier alpha value is -0.970. The molecule has 1 aliphatic heterocycles. The van der Waals surface area contributed by atoms with Crippen LogP contribution in [0.3, 0.4) is 0 Å². The van der Waals surface area contributed by atoms with Crippen molar-refractivity contribution >= 4 is 23.4 Å². The van der Waals surface area contributed by atoms with Gasteiger partial charge in [-0.15, -0.1) is 0 Å². The predicted octanol–water partition coefficient (Wildman–Crippen LogP) is 3.65. The molecule has 2 N–H and O–H groups in total. The van der Waals surface area contributed by atoms with E-state index in [1.54, 1.807) is 0 Å². The Morgan fingerprint density at radius 2 is 1.85 bits per heavy atom. The molecule has 0 spiro atoms. The third-order valence-electron chi connectivity index (χ3n) is 3.59. The van der Waals surface area contributed by atoms with Crippen LogP contribution in [0.1, 0.15) is 50.9 Å². The summed E-state index contributed by atoms with van der Waals surface area (Å²) < 4.78 is 0. The maximum Gasteiger partial charge on any atom is 0.135 e. The maximum atomic E-state index is 4.74. The van der Waals surface area contributed by atoms with E-state index in [9.17, 15) is 0 Å². The van der Waals surface area contributed by atoms with E-state index in [4.69, 9.17) is 4.98 Å². The second-order valence-corrected chi connectivity index (χ2v) is 6.84. The highest BCUT2D eigenvalue weighted by atomic mass is 32.2. The summed E-state index contributed by atoms with van der Waals surface area (Å²) in [5.41, 5.74) is 1.13. The summed E-state index contributed by atoms with van der Waals surface area (Å²) in [7, 11) is 0. The Morgan fingerprint density at radius 1 is 1.20 bits per heavy atom. The van der Waals surface area contributed by atoms with E-state index in [0.717, 1.165) is 29.6 Å². The molecule has 1 aliphatic rings. The molecule has 2 rings (SSSR count). The first-order valence-corrected chi connectivity index (χ1v) is 8.74. The van der Waals surface area contributed by atoms with Crippen LogP contribution in [0, 0.1) is 6.92 Å². The third-order valence-corrected chi connectivity index (χ3v) is 4.63. The zero-order valence-electron chi connectivity index (χ0n) is 13.0. The molecule has 0 saturated carbocycles. The predicted molar refractivity (Wildman–Crippen MR) is 89.0 cm³/mol. The molecule has 0 atom stereocenters. The van der Waals surface area contributed by atoms with Gasteiger partial charge in [0.2, 0.25) is 0 Å². The first-order chi connectivity index (χ1) is 9.61. The number of rotatable bonds is 5. The number of aromatic nitrogens is 2. The van der Waals surface area contributed by atoms with E-state index >= 15 is 0 Å². The molecule has 112 valence electrons. The molecule has 1 aromatic heterocycles. The molecule has 5 heteroatoms. The van der Waals surface area contributed by atoms with Crippen molar-refractivity contribution in [3.8, 4) is 0 Å². The van der Waals surface area contributed by atoms with Gasteiger partial charge in [-0.2, -0.15) is 11.8 Å². The average molecular weight is 294 g/mol. The molecule has 1 saturated heterocycles. The summed E-state index contributed by atoms with van der Waals surface area (Å²) in [5, 5.41) is 6.99. The van der Waals surface area contributed by atoms with Gasteiger partial charge in [-0.05, 0) is 38.2 Å². The van der Waals surface area contributed by atoms with Crippen molar-refractivity contribution in [2.24, 2.45) is 0 Å². The van der Waals surface area contributed by atoms with Crippen LogP contribution in [0.15, 0.2) is 0 Å². The van der Waals surface area contributed by atoms with E-state index in [-0.39, 0.29) is 0 Å². The van der Waals surface area contributed by atoms with Crippen molar-refractivity contribution in [3.63, 3.8) is 0 Å². The van der Waals surface area contributed by atoms with Gasteiger partial charge < -0.3 is 10.6 Å². The summed E-state index contributed by atoms with van der Waals surface area (Å²) in [6.07, 6.45) is 2.45. The SMILES string of the molecule is CCNc1nc(C(C)C)nc(NC2CCSCC2)c1C. The van der Waals surface area contributed by atoms with Crippen molar-refractivity contribution in [1.29, 1.82) is 0 Å². The van der Waals surface area contributed by atoms with Crippen LogP contribution in [0.5, 0.6) is 0 Å². The molecule has 0 radical (unpaired) electrons. The van der Waals surface area contributed by atoms with Crippen molar-refractivity contribution in [3.05, 3.63) is 11.4 Å². The largest absolute Gasteiger partial charge is 0.370 e. The van der Waals surface area contributed by atoms with Crippen LogP contribution in [0.2, 0.25) is 0 Å². The van der Waals surface area contributed by atoms with Gasteiger partial charge in [-0.1, -0.05) is 13.8 Å². The summed E-state index contributed by atoms with van der Waals surface area (Å²) in [6, 6.07) is 0.555. The third kappa shape index (κ3) is 3.78. The van der Waals surface area contributed by atoms with Crippen LogP contribution in [0.25, 0.3) is 0 Å². The molecule has 1 fully saturated rings. The molecule has 0 amide bonds. The molecular weight excluding hydrogens is 268 g/mol. The van der Waals surface area contributed by atoms with E-state index in [1.165, 1.54) is 24.3 Å². The Bertz CT molecular complexity index is 442. The Labute approximate surface area is 126 Å². The van der Waals surface area contributed by atoms with Crippen LogP contribution < -0.4 is 10.6 Å². The standard InChI is InChI=1S/C15H26N4S/c1-5-16-14-11(4)15(19-13(18-14)10(2)3)17-12-6-8-20-9-7-12/h10,12H,5-9H2,1-4H3,(H2,16,17,18,19). The summed E-state index contributed by atoms with van der Waals surface area (Å²) in [4.78, 5) is 9.39. The van der Waals surface area contributed by atoms with E-state index in [0.29, 0.717) is 12.0 Å². The first kappa shape index (κ1) is 15.4. The Kier molecular flexibility index (Phi) is 5.52. The van der Waals surface area contributed by atoms with Crippen LogP contribution in [-0.2, 0) is 0 Å². The number of thioether (sulfide) groups is 1. The van der Waals surface area contributed by atoms with Gasteiger partial charge in [-0.25, -0.2) is 9.97 Å². The second kappa shape index (κ2) is 7.16. The summed E-state index contributed by atoms with van der Waals surface area (Å²) in [5.74, 6) is 5.74. The molecule has 2 heterocycles. The topological polar surface area (TPSA) is 49.8 Å². The van der Waals surface area contributed by atoms with Gasteiger partial charge in [0.15, 0.2) is 0 Å². The molecule has 0 bridgehead atoms. The number of hydrogen-bond donors (Lipinski definition) is 2. The minimum atomic E-state index is 0.343. The van der Waals surface area contributed by atoms with Crippen molar-refractivity contribution < 1.29 is 0 Å². The van der Waals surface area contributed by atoms with Gasteiger partial charge in [0.05, 0.1) is 0 Å².